The van der Waals surface area contributed by atoms with Gasteiger partial charge in [0.15, 0.2) is 5.69 Å². The van der Waals surface area contributed by atoms with E-state index in [1.165, 1.54) is 6.33 Å². The first kappa shape index (κ1) is 11.2. The van der Waals surface area contributed by atoms with Crippen molar-refractivity contribution in [3.8, 4) is 17.5 Å². The Labute approximate surface area is 99.4 Å². The first-order valence-electron chi connectivity index (χ1n) is 5.14. The van der Waals surface area contributed by atoms with E-state index in [1.54, 1.807) is 14.2 Å². The molecular formula is C12H13N3O2. The zero-order valence-corrected chi connectivity index (χ0v) is 9.68. The van der Waals surface area contributed by atoms with Gasteiger partial charge >= 0.3 is 0 Å². The fourth-order valence-electron chi connectivity index (χ4n) is 1.40. The molecule has 0 saturated heterocycles. The molecule has 0 bridgehead atoms. The number of nitrogens with one attached hydrogen (secondary N) is 1. The topological polar surface area (TPSA) is 56.3 Å². The second kappa shape index (κ2) is 5.16. The molecule has 0 atom stereocenters. The summed E-state index contributed by atoms with van der Waals surface area (Å²) in [5.41, 5.74) is 0.624. The van der Waals surface area contributed by atoms with Crippen LogP contribution in [0.1, 0.15) is 0 Å². The maximum atomic E-state index is 5.65. The summed E-state index contributed by atoms with van der Waals surface area (Å²) in [5.74, 6) is 1.60. The molecule has 1 heterocycles. The van der Waals surface area contributed by atoms with Crippen molar-refractivity contribution in [2.75, 3.05) is 19.5 Å². The molecule has 2 aromatic rings. The number of para-hydroxylation sites is 1. The van der Waals surface area contributed by atoms with E-state index < -0.39 is 0 Å². The third kappa shape index (κ3) is 2.44. The Morgan fingerprint density at radius 3 is 2.41 bits per heavy atom. The van der Waals surface area contributed by atoms with E-state index in [2.05, 4.69) is 15.3 Å². The number of ether oxygens (including phenoxy) is 2. The molecule has 0 amide bonds. The zero-order valence-electron chi connectivity index (χ0n) is 9.68. The van der Waals surface area contributed by atoms with Gasteiger partial charge in [0.25, 0.3) is 0 Å². The van der Waals surface area contributed by atoms with Crippen LogP contribution in [0.25, 0.3) is 0 Å². The number of nitrogens with zero attached hydrogens (tertiary/aromatic N) is 2. The summed E-state index contributed by atoms with van der Waals surface area (Å²) in [5, 5.41) is 2.96. The lowest BCUT2D eigenvalue weighted by Gasteiger charge is -2.11. The van der Waals surface area contributed by atoms with Gasteiger partial charge in [-0.25, -0.2) is 0 Å². The second-order valence-electron chi connectivity index (χ2n) is 3.23. The molecule has 0 aliphatic heterocycles. The minimum atomic E-state index is 0.436. The summed E-state index contributed by atoms with van der Waals surface area (Å²) in [6.45, 7) is 0. The quantitative estimate of drug-likeness (QED) is 0.875. The molecule has 0 saturated carbocycles. The molecule has 0 fully saturated rings. The molecule has 1 aromatic heterocycles. The highest BCUT2D eigenvalue weighted by atomic mass is 16.5. The highest BCUT2D eigenvalue weighted by Gasteiger charge is 2.12. The van der Waals surface area contributed by atoms with Crippen LogP contribution in [0.4, 0.5) is 5.69 Å². The molecule has 0 aliphatic carbocycles. The van der Waals surface area contributed by atoms with Crippen molar-refractivity contribution >= 4 is 5.69 Å². The average molecular weight is 231 g/mol. The predicted molar refractivity (Wildman–Crippen MR) is 64.6 cm³/mol. The van der Waals surface area contributed by atoms with Crippen molar-refractivity contribution in [2.45, 2.75) is 0 Å². The van der Waals surface area contributed by atoms with Gasteiger partial charge in [0.1, 0.15) is 12.1 Å². The van der Waals surface area contributed by atoms with E-state index in [0.717, 1.165) is 0 Å². The van der Waals surface area contributed by atoms with Gasteiger partial charge in [-0.1, -0.05) is 18.2 Å². The summed E-state index contributed by atoms with van der Waals surface area (Å²) < 4.78 is 10.8. The van der Waals surface area contributed by atoms with E-state index in [0.29, 0.717) is 23.2 Å². The van der Waals surface area contributed by atoms with E-state index in [-0.39, 0.29) is 0 Å². The Morgan fingerprint density at radius 1 is 1.06 bits per heavy atom. The number of hydrogen-bond donors (Lipinski definition) is 1. The maximum absolute atomic E-state index is 5.65. The minimum absolute atomic E-state index is 0.436. The minimum Gasteiger partial charge on any atom is -0.479 e. The number of aromatic nitrogens is 2. The normalized spacial score (nSPS) is 9.76. The fourth-order valence-corrected chi connectivity index (χ4v) is 1.40. The third-order valence-corrected chi connectivity index (χ3v) is 2.18. The third-order valence-electron chi connectivity index (χ3n) is 2.18. The predicted octanol–water partition coefficient (Wildman–Crippen LogP) is 2.32. The molecule has 17 heavy (non-hydrogen) atoms. The molecule has 0 radical (unpaired) electrons. The Morgan fingerprint density at radius 2 is 1.76 bits per heavy atom. The van der Waals surface area contributed by atoms with Crippen molar-refractivity contribution in [1.29, 1.82) is 0 Å². The smallest absolute Gasteiger partial charge is 0.250 e. The van der Waals surface area contributed by atoms with Crippen LogP contribution in [0.2, 0.25) is 0 Å². The first-order chi connectivity index (χ1) is 8.35. The van der Waals surface area contributed by atoms with Crippen molar-refractivity contribution in [3.05, 3.63) is 36.7 Å². The number of hydrogen-bond acceptors (Lipinski definition) is 5. The van der Waals surface area contributed by atoms with Crippen molar-refractivity contribution < 1.29 is 9.47 Å². The number of rotatable bonds is 4. The molecule has 1 aromatic carbocycles. The number of anilines is 1. The monoisotopic (exact) mass is 231 g/mol. The molecule has 5 nitrogen and oxygen atoms in total. The van der Waals surface area contributed by atoms with Gasteiger partial charge in [0.2, 0.25) is 11.8 Å². The molecule has 0 spiro atoms. The number of methoxy groups -OCH3 is 1. The van der Waals surface area contributed by atoms with Crippen LogP contribution >= 0.6 is 0 Å². The SMILES string of the molecule is CNc1c(OC)ncnc1Oc1ccccc1. The standard InChI is InChI=1S/C12H13N3O2/c1-13-10-11(16-2)14-8-15-12(10)17-9-6-4-3-5-7-9/h3-8,13H,1-2H3. The molecule has 5 heteroatoms. The van der Waals surface area contributed by atoms with E-state index in [9.17, 15) is 0 Å². The summed E-state index contributed by atoms with van der Waals surface area (Å²) >= 11 is 0. The summed E-state index contributed by atoms with van der Waals surface area (Å²) in [4.78, 5) is 8.07. The molecular weight excluding hydrogens is 218 g/mol. The Bertz CT molecular complexity index is 488. The van der Waals surface area contributed by atoms with Crippen LogP contribution in [0.5, 0.6) is 17.5 Å². The van der Waals surface area contributed by atoms with E-state index >= 15 is 0 Å². The van der Waals surface area contributed by atoms with Gasteiger partial charge in [-0.15, -0.1) is 0 Å². The van der Waals surface area contributed by atoms with E-state index in [4.69, 9.17) is 9.47 Å². The first-order valence-corrected chi connectivity index (χ1v) is 5.14. The van der Waals surface area contributed by atoms with Gasteiger partial charge in [0, 0.05) is 7.05 Å². The zero-order chi connectivity index (χ0) is 12.1. The number of benzene rings is 1. The van der Waals surface area contributed by atoms with Crippen LogP contribution in [-0.4, -0.2) is 24.1 Å². The van der Waals surface area contributed by atoms with Gasteiger partial charge in [-0.3, -0.25) is 0 Å². The lowest BCUT2D eigenvalue weighted by molar-refractivity contribution is 0.391. The molecule has 0 aliphatic rings. The van der Waals surface area contributed by atoms with Crippen LogP contribution in [0.3, 0.4) is 0 Å². The maximum Gasteiger partial charge on any atom is 0.250 e. The molecule has 1 N–H and O–H groups in total. The van der Waals surface area contributed by atoms with Crippen molar-refractivity contribution in [2.24, 2.45) is 0 Å². The fraction of sp³-hybridized carbons (Fsp3) is 0.167. The average Bonchev–Trinajstić information content (AvgIpc) is 2.39. The molecule has 88 valence electrons. The summed E-state index contributed by atoms with van der Waals surface area (Å²) in [6, 6.07) is 9.42. The van der Waals surface area contributed by atoms with Crippen LogP contribution < -0.4 is 14.8 Å². The van der Waals surface area contributed by atoms with Crippen LogP contribution in [0.15, 0.2) is 36.7 Å². The summed E-state index contributed by atoms with van der Waals surface area (Å²) in [6.07, 6.45) is 1.40. The van der Waals surface area contributed by atoms with Crippen LogP contribution in [0, 0.1) is 0 Å². The van der Waals surface area contributed by atoms with Crippen LogP contribution in [-0.2, 0) is 0 Å². The Balaban J connectivity index is 2.33. The lowest BCUT2D eigenvalue weighted by Crippen LogP contribution is -2.01. The Kier molecular flexibility index (Phi) is 3.40. The van der Waals surface area contributed by atoms with Crippen molar-refractivity contribution in [1.82, 2.24) is 9.97 Å². The summed E-state index contributed by atoms with van der Waals surface area (Å²) in [7, 11) is 3.31. The largest absolute Gasteiger partial charge is 0.479 e. The lowest BCUT2D eigenvalue weighted by atomic mass is 10.3. The van der Waals surface area contributed by atoms with Crippen molar-refractivity contribution in [3.63, 3.8) is 0 Å². The van der Waals surface area contributed by atoms with Gasteiger partial charge < -0.3 is 14.8 Å². The highest BCUT2D eigenvalue weighted by molar-refractivity contribution is 5.60. The van der Waals surface area contributed by atoms with Gasteiger partial charge in [0.05, 0.1) is 7.11 Å². The Hall–Kier alpha value is -2.30. The van der Waals surface area contributed by atoms with E-state index in [1.807, 2.05) is 30.3 Å². The second-order valence-corrected chi connectivity index (χ2v) is 3.23. The van der Waals surface area contributed by atoms with Gasteiger partial charge in [-0.05, 0) is 12.1 Å². The molecule has 2 rings (SSSR count). The molecule has 0 unspecified atom stereocenters. The highest BCUT2D eigenvalue weighted by Crippen LogP contribution is 2.32. The van der Waals surface area contributed by atoms with Gasteiger partial charge in [-0.2, -0.15) is 9.97 Å².